The molecule has 0 aliphatic heterocycles. The van der Waals surface area contributed by atoms with E-state index in [4.69, 9.17) is 4.74 Å². The molecule has 0 spiro atoms. The number of aryl methyl sites for hydroxylation is 1. The Morgan fingerprint density at radius 1 is 0.851 bits per heavy atom. The summed E-state index contributed by atoms with van der Waals surface area (Å²) < 4.78 is 35.8. The summed E-state index contributed by atoms with van der Waals surface area (Å²) in [5.74, 6) is -0.235. The SMILES string of the molecule is CCOc1ccc(N(CC(=O)N(Cc2ccc(C)cc2)[C@H](Cc2ccccc2)C(=O)N[C@@H](C)CC)S(=O)(=O)c2ccc(Br)cc2)cc1. The molecule has 4 rings (SSSR count). The fourth-order valence-electron chi connectivity index (χ4n) is 5.02. The summed E-state index contributed by atoms with van der Waals surface area (Å²) in [6.45, 7) is 7.78. The van der Waals surface area contributed by atoms with E-state index in [1.165, 1.54) is 17.0 Å². The quantitative estimate of drug-likeness (QED) is 0.144. The fourth-order valence-corrected chi connectivity index (χ4v) is 6.70. The third-order valence-corrected chi connectivity index (χ3v) is 10.2. The van der Waals surface area contributed by atoms with Crippen LogP contribution in [0.3, 0.4) is 0 Å². The van der Waals surface area contributed by atoms with Crippen LogP contribution in [-0.4, -0.2) is 50.4 Å². The lowest BCUT2D eigenvalue weighted by atomic mass is 10.0. The van der Waals surface area contributed by atoms with E-state index in [-0.39, 0.29) is 29.8 Å². The van der Waals surface area contributed by atoms with E-state index in [1.807, 2.05) is 82.3 Å². The molecule has 0 fully saturated rings. The van der Waals surface area contributed by atoms with Crippen LogP contribution in [0.5, 0.6) is 5.75 Å². The molecule has 0 unspecified atom stereocenters. The van der Waals surface area contributed by atoms with Gasteiger partial charge in [-0.25, -0.2) is 8.42 Å². The van der Waals surface area contributed by atoms with Crippen molar-refractivity contribution in [3.05, 3.63) is 124 Å². The second kappa shape index (κ2) is 16.6. The molecule has 4 aromatic carbocycles. The maximum atomic E-state index is 14.6. The molecule has 8 nitrogen and oxygen atoms in total. The van der Waals surface area contributed by atoms with Crippen LogP contribution in [0.15, 0.2) is 112 Å². The third-order valence-electron chi connectivity index (χ3n) is 7.86. The first-order valence-corrected chi connectivity index (χ1v) is 18.0. The molecule has 47 heavy (non-hydrogen) atoms. The molecular formula is C37H42BrN3O5S. The Bertz CT molecular complexity index is 1720. The zero-order valence-electron chi connectivity index (χ0n) is 27.2. The van der Waals surface area contributed by atoms with Gasteiger partial charge in [-0.2, -0.15) is 0 Å². The average molecular weight is 721 g/mol. The van der Waals surface area contributed by atoms with Crippen LogP contribution in [-0.2, 0) is 32.6 Å². The summed E-state index contributed by atoms with van der Waals surface area (Å²) in [6, 6.07) is 29.1. The predicted octanol–water partition coefficient (Wildman–Crippen LogP) is 6.91. The van der Waals surface area contributed by atoms with Crippen LogP contribution in [0.25, 0.3) is 0 Å². The molecule has 0 saturated carbocycles. The smallest absolute Gasteiger partial charge is 0.264 e. The lowest BCUT2D eigenvalue weighted by Gasteiger charge is -2.34. The Labute approximate surface area is 286 Å². The van der Waals surface area contributed by atoms with Gasteiger partial charge in [0.15, 0.2) is 0 Å². The first-order valence-electron chi connectivity index (χ1n) is 15.7. The summed E-state index contributed by atoms with van der Waals surface area (Å²) in [4.78, 5) is 30.1. The van der Waals surface area contributed by atoms with Gasteiger partial charge in [0.25, 0.3) is 10.0 Å². The molecule has 0 radical (unpaired) electrons. The van der Waals surface area contributed by atoms with Crippen LogP contribution >= 0.6 is 15.9 Å². The Morgan fingerprint density at radius 3 is 2.09 bits per heavy atom. The molecule has 0 aliphatic rings. The average Bonchev–Trinajstić information content (AvgIpc) is 3.07. The first-order chi connectivity index (χ1) is 22.5. The van der Waals surface area contributed by atoms with Crippen molar-refractivity contribution in [3.63, 3.8) is 0 Å². The van der Waals surface area contributed by atoms with Crippen LogP contribution in [0.2, 0.25) is 0 Å². The lowest BCUT2D eigenvalue weighted by Crippen LogP contribution is -2.54. The third kappa shape index (κ3) is 9.68. The highest BCUT2D eigenvalue weighted by atomic mass is 79.9. The van der Waals surface area contributed by atoms with Crippen LogP contribution < -0.4 is 14.4 Å². The Morgan fingerprint density at radius 2 is 1.49 bits per heavy atom. The number of benzene rings is 4. The van der Waals surface area contributed by atoms with Gasteiger partial charge in [-0.05, 0) is 86.8 Å². The van der Waals surface area contributed by atoms with Crippen molar-refractivity contribution in [1.82, 2.24) is 10.2 Å². The van der Waals surface area contributed by atoms with Crippen LogP contribution in [0, 0.1) is 6.92 Å². The van der Waals surface area contributed by atoms with Gasteiger partial charge >= 0.3 is 0 Å². The lowest BCUT2D eigenvalue weighted by molar-refractivity contribution is -0.140. The van der Waals surface area contributed by atoms with Crippen molar-refractivity contribution in [2.45, 2.75) is 64.1 Å². The van der Waals surface area contributed by atoms with E-state index >= 15 is 0 Å². The van der Waals surface area contributed by atoms with Crippen molar-refractivity contribution < 1.29 is 22.7 Å². The second-order valence-corrected chi connectivity index (χ2v) is 14.2. The van der Waals surface area contributed by atoms with Crippen LogP contribution in [0.4, 0.5) is 5.69 Å². The number of nitrogens with zero attached hydrogens (tertiary/aromatic N) is 2. The van der Waals surface area contributed by atoms with Crippen molar-refractivity contribution in [1.29, 1.82) is 0 Å². The van der Waals surface area contributed by atoms with Crippen molar-refractivity contribution in [2.75, 3.05) is 17.5 Å². The number of amides is 2. The summed E-state index contributed by atoms with van der Waals surface area (Å²) in [6.07, 6.45) is 0.968. The number of anilines is 1. The number of carbonyl (C=O) groups excluding carboxylic acids is 2. The molecule has 4 aromatic rings. The standard InChI is InChI=1S/C37H42BrN3O5S/c1-5-28(4)39-37(43)35(24-29-10-8-7-9-11-29)40(25-30-14-12-27(3)13-15-30)36(42)26-41(32-18-20-33(21-19-32)46-6-2)47(44,45)34-22-16-31(38)17-23-34/h7-23,28,35H,5-6,24-26H2,1-4H3,(H,39,43)/t28-,35+/m0/s1. The molecular weight excluding hydrogens is 678 g/mol. The van der Waals surface area contributed by atoms with Gasteiger partial charge in [0, 0.05) is 23.5 Å². The Balaban J connectivity index is 1.80. The van der Waals surface area contributed by atoms with Crippen molar-refractivity contribution in [3.8, 4) is 5.75 Å². The highest BCUT2D eigenvalue weighted by molar-refractivity contribution is 9.10. The zero-order valence-corrected chi connectivity index (χ0v) is 29.6. The van der Waals surface area contributed by atoms with Gasteiger partial charge in [-0.3, -0.25) is 13.9 Å². The number of carbonyl (C=O) groups is 2. The van der Waals surface area contributed by atoms with E-state index < -0.39 is 28.5 Å². The minimum absolute atomic E-state index is 0.0304. The maximum Gasteiger partial charge on any atom is 0.264 e. The largest absolute Gasteiger partial charge is 0.494 e. The first kappa shape index (κ1) is 35.7. The molecule has 1 N–H and O–H groups in total. The minimum Gasteiger partial charge on any atom is -0.494 e. The number of rotatable bonds is 15. The number of sulfonamides is 1. The van der Waals surface area contributed by atoms with Gasteiger partial charge in [0.05, 0.1) is 17.2 Å². The molecule has 0 heterocycles. The van der Waals surface area contributed by atoms with Gasteiger partial charge in [0.2, 0.25) is 11.8 Å². The van der Waals surface area contributed by atoms with E-state index in [1.54, 1.807) is 36.4 Å². The van der Waals surface area contributed by atoms with Crippen molar-refractivity contribution in [2.24, 2.45) is 0 Å². The van der Waals surface area contributed by atoms with E-state index in [0.29, 0.717) is 24.5 Å². The second-order valence-electron chi connectivity index (χ2n) is 11.4. The monoisotopic (exact) mass is 719 g/mol. The number of ether oxygens (including phenoxy) is 1. The molecule has 248 valence electrons. The molecule has 2 atom stereocenters. The number of hydrogen-bond acceptors (Lipinski definition) is 5. The fraction of sp³-hybridized carbons (Fsp3) is 0.297. The number of nitrogens with one attached hydrogen (secondary N) is 1. The topological polar surface area (TPSA) is 96.0 Å². The highest BCUT2D eigenvalue weighted by Gasteiger charge is 2.35. The van der Waals surface area contributed by atoms with E-state index in [9.17, 15) is 18.0 Å². The minimum atomic E-state index is -4.21. The molecule has 2 amide bonds. The maximum absolute atomic E-state index is 14.6. The summed E-state index contributed by atoms with van der Waals surface area (Å²) in [5, 5.41) is 3.06. The van der Waals surface area contributed by atoms with Gasteiger partial charge in [-0.1, -0.05) is 83.0 Å². The molecule has 0 aromatic heterocycles. The van der Waals surface area contributed by atoms with E-state index in [2.05, 4.69) is 21.2 Å². The number of halogens is 1. The predicted molar refractivity (Wildman–Crippen MR) is 190 cm³/mol. The van der Waals surface area contributed by atoms with Gasteiger partial charge < -0.3 is 15.0 Å². The summed E-state index contributed by atoms with van der Waals surface area (Å²) in [5.41, 5.74) is 3.05. The normalized spacial score (nSPS) is 12.5. The van der Waals surface area contributed by atoms with Crippen LogP contribution in [0.1, 0.15) is 43.9 Å². The molecule has 0 saturated heterocycles. The van der Waals surface area contributed by atoms with Crippen molar-refractivity contribution >= 4 is 43.5 Å². The molecule has 0 aliphatic carbocycles. The van der Waals surface area contributed by atoms with Gasteiger partial charge in [-0.15, -0.1) is 0 Å². The van der Waals surface area contributed by atoms with Gasteiger partial charge in [0.1, 0.15) is 18.3 Å². The highest BCUT2D eigenvalue weighted by Crippen LogP contribution is 2.28. The Hall–Kier alpha value is -4.15. The molecule has 0 bridgehead atoms. The number of hydrogen-bond donors (Lipinski definition) is 1. The zero-order chi connectivity index (χ0) is 34.0. The summed E-state index contributed by atoms with van der Waals surface area (Å²) in [7, 11) is -4.21. The Kier molecular flexibility index (Phi) is 12.6. The summed E-state index contributed by atoms with van der Waals surface area (Å²) >= 11 is 3.37. The van der Waals surface area contributed by atoms with E-state index in [0.717, 1.165) is 25.5 Å². The molecule has 10 heteroatoms.